The summed E-state index contributed by atoms with van der Waals surface area (Å²) in [6, 6.07) is 3.20. The van der Waals surface area contributed by atoms with Crippen LogP contribution >= 0.6 is 0 Å². The highest BCUT2D eigenvalue weighted by atomic mass is 19.1. The van der Waals surface area contributed by atoms with Crippen LogP contribution in [0.2, 0.25) is 0 Å². The van der Waals surface area contributed by atoms with Gasteiger partial charge in [-0.25, -0.2) is 4.39 Å². The van der Waals surface area contributed by atoms with Crippen LogP contribution in [0.3, 0.4) is 0 Å². The number of halogens is 1. The Morgan fingerprint density at radius 1 is 1.35 bits per heavy atom. The Morgan fingerprint density at radius 3 is 2.70 bits per heavy atom. The number of nitrogens with one attached hydrogen (secondary N) is 1. The lowest BCUT2D eigenvalue weighted by Crippen LogP contribution is -2.28. The van der Waals surface area contributed by atoms with E-state index in [4.69, 9.17) is 10.5 Å². The third-order valence-electron chi connectivity index (χ3n) is 3.62. The molecule has 112 valence electrons. The first-order valence-electron chi connectivity index (χ1n) is 7.26. The Kier molecular flexibility index (Phi) is 5.06. The van der Waals surface area contributed by atoms with E-state index >= 15 is 0 Å². The van der Waals surface area contributed by atoms with Gasteiger partial charge in [-0.3, -0.25) is 0 Å². The monoisotopic (exact) mass is 282 g/mol. The molecular weight excluding hydrogens is 259 g/mol. The van der Waals surface area contributed by atoms with Crippen LogP contribution in [0.25, 0.3) is 0 Å². The number of benzene rings is 1. The molecule has 0 aliphatic heterocycles. The van der Waals surface area contributed by atoms with Gasteiger partial charge in [-0.1, -0.05) is 6.92 Å². The molecule has 0 saturated heterocycles. The Balaban J connectivity index is 2.06. The second kappa shape index (κ2) is 6.79. The van der Waals surface area contributed by atoms with Gasteiger partial charge in [0.15, 0.2) is 11.6 Å². The molecule has 5 heteroatoms. The minimum absolute atomic E-state index is 0.193. The van der Waals surface area contributed by atoms with E-state index in [1.165, 1.54) is 6.07 Å². The van der Waals surface area contributed by atoms with E-state index in [-0.39, 0.29) is 17.9 Å². The van der Waals surface area contributed by atoms with Gasteiger partial charge in [0.1, 0.15) is 0 Å². The first-order chi connectivity index (χ1) is 9.60. The molecule has 0 bridgehead atoms. The number of nitrogen functional groups attached to an aromatic ring is 1. The largest absolute Gasteiger partial charge is 0.490 e. The number of hydrogen-bond donors (Lipinski definition) is 3. The molecule has 0 amide bonds. The van der Waals surface area contributed by atoms with E-state index in [9.17, 15) is 9.50 Å². The first-order valence-corrected chi connectivity index (χ1v) is 7.26. The topological polar surface area (TPSA) is 67.5 Å². The molecule has 0 radical (unpaired) electrons. The van der Waals surface area contributed by atoms with Gasteiger partial charge in [-0.15, -0.1) is 0 Å². The molecular formula is C15H23FN2O2. The fourth-order valence-electron chi connectivity index (χ4n) is 2.46. The minimum atomic E-state index is -0.430. The average Bonchev–Trinajstić information content (AvgIpc) is 2.43. The van der Waals surface area contributed by atoms with E-state index < -0.39 is 5.82 Å². The lowest BCUT2D eigenvalue weighted by Gasteiger charge is -2.27. The summed E-state index contributed by atoms with van der Waals surface area (Å²) in [4.78, 5) is 0. The van der Waals surface area contributed by atoms with E-state index in [2.05, 4.69) is 5.32 Å². The second-order valence-corrected chi connectivity index (χ2v) is 5.37. The zero-order valence-corrected chi connectivity index (χ0v) is 11.9. The van der Waals surface area contributed by atoms with Crippen molar-refractivity contribution in [3.8, 4) is 5.75 Å². The molecule has 1 fully saturated rings. The van der Waals surface area contributed by atoms with Gasteiger partial charge in [0.25, 0.3) is 0 Å². The van der Waals surface area contributed by atoms with E-state index in [0.717, 1.165) is 32.1 Å². The van der Waals surface area contributed by atoms with Crippen LogP contribution in [0.15, 0.2) is 12.1 Å². The summed E-state index contributed by atoms with van der Waals surface area (Å²) >= 11 is 0. The quantitative estimate of drug-likeness (QED) is 0.726. The number of anilines is 2. The zero-order chi connectivity index (χ0) is 14.5. The molecule has 4 N–H and O–H groups in total. The highest BCUT2D eigenvalue weighted by molar-refractivity contribution is 5.69. The standard InChI is InChI=1S/C15H23FN2O2/c1-2-7-20-15-9-14(13(17)8-12(15)16)18-10-3-5-11(19)6-4-10/h8-11,18-19H,2-7,17H2,1H3. The van der Waals surface area contributed by atoms with Gasteiger partial charge in [-0.05, 0) is 32.1 Å². The molecule has 1 aliphatic rings. The number of aliphatic hydroxyl groups excluding tert-OH is 1. The zero-order valence-electron chi connectivity index (χ0n) is 11.9. The van der Waals surface area contributed by atoms with E-state index in [1.54, 1.807) is 6.07 Å². The Morgan fingerprint density at radius 2 is 2.05 bits per heavy atom. The average molecular weight is 282 g/mol. The summed E-state index contributed by atoms with van der Waals surface area (Å²) in [5, 5.41) is 12.8. The van der Waals surface area contributed by atoms with Crippen LogP contribution in [0.1, 0.15) is 39.0 Å². The summed E-state index contributed by atoms with van der Waals surface area (Å²) in [7, 11) is 0. The minimum Gasteiger partial charge on any atom is -0.490 e. The van der Waals surface area contributed by atoms with Crippen molar-refractivity contribution in [2.24, 2.45) is 0 Å². The summed E-state index contributed by atoms with van der Waals surface area (Å²) in [6.45, 7) is 2.46. The van der Waals surface area contributed by atoms with Crippen LogP contribution in [-0.4, -0.2) is 23.9 Å². The van der Waals surface area contributed by atoms with E-state index in [1.807, 2.05) is 6.92 Å². The lowest BCUT2D eigenvalue weighted by molar-refractivity contribution is 0.126. The molecule has 0 aromatic heterocycles. The molecule has 0 unspecified atom stereocenters. The molecule has 0 spiro atoms. The molecule has 20 heavy (non-hydrogen) atoms. The number of ether oxygens (including phenoxy) is 1. The van der Waals surface area contributed by atoms with Crippen LogP contribution < -0.4 is 15.8 Å². The van der Waals surface area contributed by atoms with Crippen molar-refractivity contribution in [2.45, 2.75) is 51.2 Å². The van der Waals surface area contributed by atoms with Crippen LogP contribution in [0, 0.1) is 5.82 Å². The van der Waals surface area contributed by atoms with Crippen molar-refractivity contribution in [1.29, 1.82) is 0 Å². The highest BCUT2D eigenvalue weighted by Crippen LogP contribution is 2.31. The van der Waals surface area contributed by atoms with E-state index in [0.29, 0.717) is 18.0 Å². The van der Waals surface area contributed by atoms with Gasteiger partial charge >= 0.3 is 0 Å². The predicted molar refractivity (Wildman–Crippen MR) is 78.5 cm³/mol. The Labute approximate surface area is 119 Å². The molecule has 4 nitrogen and oxygen atoms in total. The summed E-state index contributed by atoms with van der Waals surface area (Å²) in [5.41, 5.74) is 6.95. The van der Waals surface area contributed by atoms with Crippen molar-refractivity contribution < 1.29 is 14.2 Å². The van der Waals surface area contributed by atoms with Gasteiger partial charge < -0.3 is 20.9 Å². The highest BCUT2D eigenvalue weighted by Gasteiger charge is 2.20. The summed E-state index contributed by atoms with van der Waals surface area (Å²) < 4.78 is 19.1. The normalized spacial score (nSPS) is 22.6. The molecule has 1 saturated carbocycles. The first kappa shape index (κ1) is 14.9. The Bertz CT molecular complexity index is 446. The fraction of sp³-hybridized carbons (Fsp3) is 0.600. The number of aliphatic hydroxyl groups is 1. The van der Waals surface area contributed by atoms with Gasteiger partial charge in [0.2, 0.25) is 0 Å². The molecule has 1 aromatic carbocycles. The molecule has 0 atom stereocenters. The van der Waals surface area contributed by atoms with Gasteiger partial charge in [-0.2, -0.15) is 0 Å². The van der Waals surface area contributed by atoms with Crippen molar-refractivity contribution >= 4 is 11.4 Å². The van der Waals surface area contributed by atoms with Gasteiger partial charge in [0.05, 0.1) is 24.1 Å². The molecule has 2 rings (SSSR count). The smallest absolute Gasteiger partial charge is 0.167 e. The second-order valence-electron chi connectivity index (χ2n) is 5.37. The Hall–Kier alpha value is -1.49. The SMILES string of the molecule is CCCOc1cc(NC2CCC(O)CC2)c(N)cc1F. The molecule has 0 heterocycles. The number of nitrogens with two attached hydrogens (primary N) is 1. The number of hydrogen-bond acceptors (Lipinski definition) is 4. The van der Waals surface area contributed by atoms with Crippen LogP contribution in [-0.2, 0) is 0 Å². The molecule has 1 aliphatic carbocycles. The third-order valence-corrected chi connectivity index (χ3v) is 3.62. The third kappa shape index (κ3) is 3.76. The maximum absolute atomic E-state index is 13.7. The maximum atomic E-state index is 13.7. The summed E-state index contributed by atoms with van der Waals surface area (Å²) in [5.74, 6) is -0.194. The predicted octanol–water partition coefficient (Wildman–Crippen LogP) is 2.91. The number of rotatable bonds is 5. The maximum Gasteiger partial charge on any atom is 0.167 e. The van der Waals surface area contributed by atoms with Crippen molar-refractivity contribution in [2.75, 3.05) is 17.7 Å². The van der Waals surface area contributed by atoms with Crippen molar-refractivity contribution in [3.63, 3.8) is 0 Å². The van der Waals surface area contributed by atoms with Crippen molar-refractivity contribution in [3.05, 3.63) is 17.9 Å². The summed E-state index contributed by atoms with van der Waals surface area (Å²) in [6.07, 6.45) is 4.00. The van der Waals surface area contributed by atoms with Crippen LogP contribution in [0.4, 0.5) is 15.8 Å². The van der Waals surface area contributed by atoms with Crippen LogP contribution in [0.5, 0.6) is 5.75 Å². The fourth-order valence-corrected chi connectivity index (χ4v) is 2.46. The molecule has 1 aromatic rings. The lowest BCUT2D eigenvalue weighted by atomic mass is 9.93. The van der Waals surface area contributed by atoms with Crippen molar-refractivity contribution in [1.82, 2.24) is 0 Å². The van der Waals surface area contributed by atoms with Gasteiger partial charge in [0, 0.05) is 18.2 Å².